The number of hydrogen-bond donors (Lipinski definition) is 1. The second-order valence-electron chi connectivity index (χ2n) is 4.54. The molecule has 2 aromatic rings. The second kappa shape index (κ2) is 6.74. The third kappa shape index (κ3) is 4.20. The van der Waals surface area contributed by atoms with Crippen LogP contribution in [0, 0.1) is 18.3 Å². The van der Waals surface area contributed by atoms with E-state index in [0.717, 1.165) is 5.56 Å². The molecule has 1 amide bonds. The van der Waals surface area contributed by atoms with E-state index in [2.05, 4.69) is 5.32 Å². The van der Waals surface area contributed by atoms with Crippen LogP contribution in [0.4, 0.5) is 5.69 Å². The monoisotopic (exact) mass is 296 g/mol. The SMILES string of the molecule is Cc1ccc(NC(=O)/C(C#N)=C/c2cccc(Cl)c2)cc1. The van der Waals surface area contributed by atoms with Crippen LogP contribution in [-0.4, -0.2) is 5.91 Å². The number of nitrogens with one attached hydrogen (secondary N) is 1. The molecular weight excluding hydrogens is 284 g/mol. The zero-order chi connectivity index (χ0) is 15.2. The summed E-state index contributed by atoms with van der Waals surface area (Å²) in [5.74, 6) is -0.443. The highest BCUT2D eigenvalue weighted by atomic mass is 35.5. The van der Waals surface area contributed by atoms with Gasteiger partial charge in [-0.1, -0.05) is 41.4 Å². The van der Waals surface area contributed by atoms with E-state index in [0.29, 0.717) is 16.3 Å². The van der Waals surface area contributed by atoms with Gasteiger partial charge in [-0.3, -0.25) is 4.79 Å². The van der Waals surface area contributed by atoms with Crippen LogP contribution < -0.4 is 5.32 Å². The lowest BCUT2D eigenvalue weighted by Crippen LogP contribution is -2.13. The van der Waals surface area contributed by atoms with Gasteiger partial charge in [0.05, 0.1) is 0 Å². The molecular formula is C17H13ClN2O. The fraction of sp³-hybridized carbons (Fsp3) is 0.0588. The van der Waals surface area contributed by atoms with E-state index in [-0.39, 0.29) is 5.57 Å². The molecule has 104 valence electrons. The van der Waals surface area contributed by atoms with E-state index >= 15 is 0 Å². The van der Waals surface area contributed by atoms with Gasteiger partial charge in [0.1, 0.15) is 11.6 Å². The number of benzene rings is 2. The van der Waals surface area contributed by atoms with Crippen LogP contribution in [0.1, 0.15) is 11.1 Å². The number of halogens is 1. The molecule has 1 N–H and O–H groups in total. The standard InChI is InChI=1S/C17H13ClN2O/c1-12-5-7-16(8-6-12)20-17(21)14(11-19)9-13-3-2-4-15(18)10-13/h2-10H,1H3,(H,20,21)/b14-9+. The number of carbonyl (C=O) groups is 1. The number of nitriles is 1. The van der Waals surface area contributed by atoms with Crippen molar-refractivity contribution in [3.8, 4) is 6.07 Å². The lowest BCUT2D eigenvalue weighted by Gasteiger charge is -2.04. The van der Waals surface area contributed by atoms with Crippen LogP contribution in [0.5, 0.6) is 0 Å². The van der Waals surface area contributed by atoms with Crippen molar-refractivity contribution in [2.24, 2.45) is 0 Å². The van der Waals surface area contributed by atoms with Crippen molar-refractivity contribution in [3.63, 3.8) is 0 Å². The fourth-order valence-electron chi connectivity index (χ4n) is 1.75. The van der Waals surface area contributed by atoms with Crippen molar-refractivity contribution in [2.45, 2.75) is 6.92 Å². The van der Waals surface area contributed by atoms with Gasteiger partial charge in [-0.25, -0.2) is 0 Å². The summed E-state index contributed by atoms with van der Waals surface area (Å²) in [6, 6.07) is 16.2. The molecule has 0 unspecified atom stereocenters. The molecule has 0 bridgehead atoms. The zero-order valence-electron chi connectivity index (χ0n) is 11.4. The Labute approximate surface area is 128 Å². The first-order valence-corrected chi connectivity index (χ1v) is 6.71. The first-order chi connectivity index (χ1) is 10.1. The maximum Gasteiger partial charge on any atom is 0.266 e. The summed E-state index contributed by atoms with van der Waals surface area (Å²) >= 11 is 5.88. The molecule has 0 saturated carbocycles. The summed E-state index contributed by atoms with van der Waals surface area (Å²) in [5.41, 5.74) is 2.48. The van der Waals surface area contributed by atoms with Crippen molar-refractivity contribution < 1.29 is 4.79 Å². The van der Waals surface area contributed by atoms with Gasteiger partial charge in [-0.2, -0.15) is 5.26 Å². The minimum absolute atomic E-state index is 0.0258. The number of amides is 1. The van der Waals surface area contributed by atoms with Gasteiger partial charge in [-0.15, -0.1) is 0 Å². The largest absolute Gasteiger partial charge is 0.321 e. The third-order valence-electron chi connectivity index (χ3n) is 2.83. The summed E-state index contributed by atoms with van der Waals surface area (Å²) in [4.78, 5) is 12.1. The lowest BCUT2D eigenvalue weighted by molar-refractivity contribution is -0.112. The molecule has 0 aliphatic heterocycles. The van der Waals surface area contributed by atoms with Gasteiger partial charge in [0.25, 0.3) is 5.91 Å². The number of nitrogens with zero attached hydrogens (tertiary/aromatic N) is 1. The average Bonchev–Trinajstić information content (AvgIpc) is 2.47. The van der Waals surface area contributed by atoms with Crippen LogP contribution in [0.25, 0.3) is 6.08 Å². The van der Waals surface area contributed by atoms with Crippen LogP contribution in [0.2, 0.25) is 5.02 Å². The molecule has 0 radical (unpaired) electrons. The Kier molecular flexibility index (Phi) is 4.76. The molecule has 2 aromatic carbocycles. The highest BCUT2D eigenvalue weighted by Gasteiger charge is 2.09. The molecule has 0 fully saturated rings. The number of carbonyl (C=O) groups excluding carboxylic acids is 1. The summed E-state index contributed by atoms with van der Waals surface area (Å²) in [6.45, 7) is 1.96. The van der Waals surface area contributed by atoms with Gasteiger partial charge in [0.15, 0.2) is 0 Å². The normalized spacial score (nSPS) is 10.8. The Balaban J connectivity index is 2.19. The van der Waals surface area contributed by atoms with Crippen LogP contribution in [0.3, 0.4) is 0 Å². The zero-order valence-corrected chi connectivity index (χ0v) is 12.2. The average molecular weight is 297 g/mol. The maximum atomic E-state index is 12.1. The predicted molar refractivity (Wildman–Crippen MR) is 84.9 cm³/mol. The Hall–Kier alpha value is -2.57. The molecule has 0 aliphatic rings. The van der Waals surface area contributed by atoms with E-state index in [1.54, 1.807) is 36.4 Å². The van der Waals surface area contributed by atoms with Gasteiger partial charge >= 0.3 is 0 Å². The van der Waals surface area contributed by atoms with E-state index in [9.17, 15) is 4.79 Å². The van der Waals surface area contributed by atoms with Gasteiger partial charge in [-0.05, 0) is 42.8 Å². The lowest BCUT2D eigenvalue weighted by atomic mass is 10.1. The summed E-state index contributed by atoms with van der Waals surface area (Å²) in [5, 5.41) is 12.4. The Morgan fingerprint density at radius 2 is 1.95 bits per heavy atom. The van der Waals surface area contributed by atoms with Crippen LogP contribution in [0.15, 0.2) is 54.1 Å². The summed E-state index contributed by atoms with van der Waals surface area (Å²) < 4.78 is 0. The maximum absolute atomic E-state index is 12.1. The predicted octanol–water partition coefficient (Wildman–Crippen LogP) is 4.19. The highest BCUT2D eigenvalue weighted by Crippen LogP contribution is 2.15. The number of anilines is 1. The molecule has 0 heterocycles. The van der Waals surface area contributed by atoms with Crippen molar-refractivity contribution >= 4 is 29.3 Å². The first-order valence-electron chi connectivity index (χ1n) is 6.34. The topological polar surface area (TPSA) is 52.9 Å². The van der Waals surface area contributed by atoms with Gasteiger partial charge < -0.3 is 5.32 Å². The minimum atomic E-state index is -0.443. The molecule has 0 saturated heterocycles. The van der Waals surface area contributed by atoms with E-state index in [4.69, 9.17) is 16.9 Å². The summed E-state index contributed by atoms with van der Waals surface area (Å²) in [6.07, 6.45) is 1.51. The van der Waals surface area contributed by atoms with Crippen LogP contribution >= 0.6 is 11.6 Å². The second-order valence-corrected chi connectivity index (χ2v) is 4.98. The molecule has 0 atom stereocenters. The quantitative estimate of drug-likeness (QED) is 0.682. The van der Waals surface area contributed by atoms with E-state index in [1.807, 2.05) is 25.1 Å². The summed E-state index contributed by atoms with van der Waals surface area (Å²) in [7, 11) is 0. The molecule has 4 heteroatoms. The number of aryl methyl sites for hydroxylation is 1. The number of hydrogen-bond acceptors (Lipinski definition) is 2. The molecule has 0 spiro atoms. The fourth-order valence-corrected chi connectivity index (χ4v) is 1.95. The van der Waals surface area contributed by atoms with Crippen molar-refractivity contribution in [3.05, 3.63) is 70.3 Å². The molecule has 21 heavy (non-hydrogen) atoms. The first kappa shape index (κ1) is 14.8. The van der Waals surface area contributed by atoms with Crippen molar-refractivity contribution in [1.29, 1.82) is 5.26 Å². The van der Waals surface area contributed by atoms with Gasteiger partial charge in [0, 0.05) is 10.7 Å². The third-order valence-corrected chi connectivity index (χ3v) is 3.07. The number of rotatable bonds is 3. The van der Waals surface area contributed by atoms with E-state index in [1.165, 1.54) is 6.08 Å². The Morgan fingerprint density at radius 3 is 2.57 bits per heavy atom. The van der Waals surface area contributed by atoms with Gasteiger partial charge in [0.2, 0.25) is 0 Å². The van der Waals surface area contributed by atoms with Crippen molar-refractivity contribution in [1.82, 2.24) is 0 Å². The Morgan fingerprint density at radius 1 is 1.24 bits per heavy atom. The minimum Gasteiger partial charge on any atom is -0.321 e. The Bertz CT molecular complexity index is 727. The smallest absolute Gasteiger partial charge is 0.266 e. The molecule has 2 rings (SSSR count). The molecule has 0 aliphatic carbocycles. The molecule has 3 nitrogen and oxygen atoms in total. The van der Waals surface area contributed by atoms with Crippen molar-refractivity contribution in [2.75, 3.05) is 5.32 Å². The highest BCUT2D eigenvalue weighted by molar-refractivity contribution is 6.30. The van der Waals surface area contributed by atoms with Crippen LogP contribution in [-0.2, 0) is 4.79 Å². The van der Waals surface area contributed by atoms with E-state index < -0.39 is 5.91 Å². The molecule has 0 aromatic heterocycles.